The summed E-state index contributed by atoms with van der Waals surface area (Å²) in [6.45, 7) is 0. The Kier molecular flexibility index (Phi) is 3.90. The molecule has 2 aromatic rings. The van der Waals surface area contributed by atoms with E-state index < -0.39 is 5.97 Å². The molecular formula is C16H19N3O2. The molecule has 0 saturated heterocycles. The van der Waals surface area contributed by atoms with Crippen molar-refractivity contribution in [3.05, 3.63) is 42.7 Å². The zero-order valence-electron chi connectivity index (χ0n) is 11.8. The summed E-state index contributed by atoms with van der Waals surface area (Å²) in [5.74, 6) is -0.907. The molecule has 5 heteroatoms. The van der Waals surface area contributed by atoms with Crippen molar-refractivity contribution in [2.24, 2.45) is 5.92 Å². The lowest BCUT2D eigenvalue weighted by Gasteiger charge is -2.28. The monoisotopic (exact) mass is 285 g/mol. The molecule has 21 heavy (non-hydrogen) atoms. The van der Waals surface area contributed by atoms with Gasteiger partial charge in [-0.1, -0.05) is 18.6 Å². The highest BCUT2D eigenvalue weighted by molar-refractivity contribution is 5.70. The molecule has 2 unspecified atom stereocenters. The van der Waals surface area contributed by atoms with Gasteiger partial charge in [-0.3, -0.25) is 4.79 Å². The molecule has 1 fully saturated rings. The summed E-state index contributed by atoms with van der Waals surface area (Å²) < 4.78 is 1.82. The fourth-order valence-electron chi connectivity index (χ4n) is 2.97. The van der Waals surface area contributed by atoms with Gasteiger partial charge in [0.05, 0.1) is 17.3 Å². The molecule has 0 radical (unpaired) electrons. The van der Waals surface area contributed by atoms with E-state index in [2.05, 4.69) is 10.4 Å². The standard InChI is InChI=1S/C16H19N3O2/c20-16(21)12-5-3-6-13(11-12)18-14-7-1-2-8-15(14)19-10-4-9-17-19/h1-2,4,7-10,12-13,18H,3,5-6,11H2,(H,20,21). The molecule has 0 amide bonds. The topological polar surface area (TPSA) is 67.2 Å². The maximum absolute atomic E-state index is 11.2. The second-order valence-electron chi connectivity index (χ2n) is 5.51. The van der Waals surface area contributed by atoms with Crippen molar-refractivity contribution in [1.29, 1.82) is 0 Å². The smallest absolute Gasteiger partial charge is 0.306 e. The quantitative estimate of drug-likeness (QED) is 0.906. The van der Waals surface area contributed by atoms with Crippen LogP contribution in [0.2, 0.25) is 0 Å². The van der Waals surface area contributed by atoms with Crippen molar-refractivity contribution in [1.82, 2.24) is 9.78 Å². The molecular weight excluding hydrogens is 266 g/mol. The highest BCUT2D eigenvalue weighted by Gasteiger charge is 2.27. The first-order valence-corrected chi connectivity index (χ1v) is 7.32. The van der Waals surface area contributed by atoms with Crippen LogP contribution >= 0.6 is 0 Å². The van der Waals surface area contributed by atoms with Crippen molar-refractivity contribution in [2.75, 3.05) is 5.32 Å². The molecule has 2 N–H and O–H groups in total. The molecule has 1 aliphatic carbocycles. The number of anilines is 1. The Morgan fingerprint density at radius 3 is 2.90 bits per heavy atom. The second-order valence-corrected chi connectivity index (χ2v) is 5.51. The average Bonchev–Trinajstić information content (AvgIpc) is 3.02. The Bertz CT molecular complexity index is 610. The molecule has 2 atom stereocenters. The first kappa shape index (κ1) is 13.7. The lowest BCUT2D eigenvalue weighted by Crippen LogP contribution is -2.31. The molecule has 5 nitrogen and oxygen atoms in total. The van der Waals surface area contributed by atoms with Crippen LogP contribution in [-0.4, -0.2) is 26.9 Å². The van der Waals surface area contributed by atoms with E-state index in [-0.39, 0.29) is 12.0 Å². The lowest BCUT2D eigenvalue weighted by molar-refractivity contribution is -0.142. The predicted molar refractivity (Wildman–Crippen MR) is 80.6 cm³/mol. The average molecular weight is 285 g/mol. The number of benzene rings is 1. The molecule has 110 valence electrons. The highest BCUT2D eigenvalue weighted by atomic mass is 16.4. The summed E-state index contributed by atoms with van der Waals surface area (Å²) >= 11 is 0. The van der Waals surface area contributed by atoms with E-state index in [0.717, 1.165) is 30.6 Å². The largest absolute Gasteiger partial charge is 0.481 e. The van der Waals surface area contributed by atoms with Gasteiger partial charge in [0.1, 0.15) is 0 Å². The zero-order chi connectivity index (χ0) is 14.7. The minimum Gasteiger partial charge on any atom is -0.481 e. The summed E-state index contributed by atoms with van der Waals surface area (Å²) in [5, 5.41) is 16.9. The number of carboxylic acids is 1. The molecule has 1 aromatic carbocycles. The summed E-state index contributed by atoms with van der Waals surface area (Å²) in [4.78, 5) is 11.2. The summed E-state index contributed by atoms with van der Waals surface area (Å²) in [6, 6.07) is 10.1. The molecule has 0 spiro atoms. The van der Waals surface area contributed by atoms with Crippen LogP contribution in [0.4, 0.5) is 5.69 Å². The van der Waals surface area contributed by atoms with Gasteiger partial charge in [-0.05, 0) is 37.5 Å². The van der Waals surface area contributed by atoms with Crippen LogP contribution in [0.3, 0.4) is 0 Å². The number of carbonyl (C=O) groups is 1. The van der Waals surface area contributed by atoms with Gasteiger partial charge in [-0.25, -0.2) is 4.68 Å². The molecule has 1 aliphatic rings. The number of para-hydroxylation sites is 2. The van der Waals surface area contributed by atoms with Crippen molar-refractivity contribution < 1.29 is 9.90 Å². The van der Waals surface area contributed by atoms with E-state index >= 15 is 0 Å². The zero-order valence-corrected chi connectivity index (χ0v) is 11.8. The number of rotatable bonds is 4. The van der Waals surface area contributed by atoms with Crippen LogP contribution in [0.25, 0.3) is 5.69 Å². The summed E-state index contributed by atoms with van der Waals surface area (Å²) in [6.07, 6.45) is 7.09. The molecule has 3 rings (SSSR count). The Morgan fingerprint density at radius 2 is 2.14 bits per heavy atom. The minimum atomic E-state index is -0.679. The minimum absolute atomic E-state index is 0.205. The van der Waals surface area contributed by atoms with E-state index in [4.69, 9.17) is 0 Å². The third-order valence-corrected chi connectivity index (χ3v) is 4.04. The van der Waals surface area contributed by atoms with Crippen LogP contribution in [0.5, 0.6) is 0 Å². The Labute approximate surface area is 123 Å². The van der Waals surface area contributed by atoms with E-state index in [1.54, 1.807) is 6.20 Å². The number of hydrogen-bond donors (Lipinski definition) is 2. The van der Waals surface area contributed by atoms with Crippen molar-refractivity contribution >= 4 is 11.7 Å². The van der Waals surface area contributed by atoms with Gasteiger partial charge in [0, 0.05) is 18.4 Å². The first-order valence-electron chi connectivity index (χ1n) is 7.32. The third kappa shape index (κ3) is 3.07. The Hall–Kier alpha value is -2.30. The third-order valence-electron chi connectivity index (χ3n) is 4.04. The maximum atomic E-state index is 11.2. The Balaban J connectivity index is 1.77. The van der Waals surface area contributed by atoms with Crippen molar-refractivity contribution in [2.45, 2.75) is 31.7 Å². The number of nitrogens with zero attached hydrogens (tertiary/aromatic N) is 2. The number of hydrogen-bond acceptors (Lipinski definition) is 3. The van der Waals surface area contributed by atoms with Crippen LogP contribution < -0.4 is 5.32 Å². The first-order chi connectivity index (χ1) is 10.2. The van der Waals surface area contributed by atoms with Crippen molar-refractivity contribution in [3.8, 4) is 5.69 Å². The van der Waals surface area contributed by atoms with E-state index in [9.17, 15) is 9.90 Å². The van der Waals surface area contributed by atoms with E-state index in [0.29, 0.717) is 6.42 Å². The highest BCUT2D eigenvalue weighted by Crippen LogP contribution is 2.28. The van der Waals surface area contributed by atoms with Gasteiger partial charge in [0.15, 0.2) is 0 Å². The Morgan fingerprint density at radius 1 is 1.29 bits per heavy atom. The van der Waals surface area contributed by atoms with Gasteiger partial charge in [-0.2, -0.15) is 5.10 Å². The van der Waals surface area contributed by atoms with Gasteiger partial charge in [-0.15, -0.1) is 0 Å². The fourth-order valence-corrected chi connectivity index (χ4v) is 2.97. The van der Waals surface area contributed by atoms with Crippen LogP contribution in [0, 0.1) is 5.92 Å². The number of aliphatic carboxylic acids is 1. The molecule has 0 aliphatic heterocycles. The number of carboxylic acid groups (broad SMARTS) is 1. The molecule has 0 bridgehead atoms. The molecule has 1 heterocycles. The van der Waals surface area contributed by atoms with Gasteiger partial charge in [0.25, 0.3) is 0 Å². The van der Waals surface area contributed by atoms with Crippen LogP contribution in [-0.2, 0) is 4.79 Å². The van der Waals surface area contributed by atoms with E-state index in [1.165, 1.54) is 0 Å². The van der Waals surface area contributed by atoms with Crippen LogP contribution in [0.15, 0.2) is 42.7 Å². The predicted octanol–water partition coefficient (Wildman–Crippen LogP) is 2.93. The maximum Gasteiger partial charge on any atom is 0.306 e. The fraction of sp³-hybridized carbons (Fsp3) is 0.375. The van der Waals surface area contributed by atoms with Gasteiger partial charge in [0.2, 0.25) is 0 Å². The molecule has 1 aromatic heterocycles. The summed E-state index contributed by atoms with van der Waals surface area (Å²) in [5.41, 5.74) is 1.98. The summed E-state index contributed by atoms with van der Waals surface area (Å²) in [7, 11) is 0. The van der Waals surface area contributed by atoms with Gasteiger partial charge >= 0.3 is 5.97 Å². The van der Waals surface area contributed by atoms with E-state index in [1.807, 2.05) is 41.2 Å². The molecule has 1 saturated carbocycles. The number of aromatic nitrogens is 2. The SMILES string of the molecule is O=C(O)C1CCCC(Nc2ccccc2-n2cccn2)C1. The second kappa shape index (κ2) is 5.99. The number of nitrogens with one attached hydrogen (secondary N) is 1. The van der Waals surface area contributed by atoms with Gasteiger partial charge < -0.3 is 10.4 Å². The van der Waals surface area contributed by atoms with Crippen molar-refractivity contribution in [3.63, 3.8) is 0 Å². The lowest BCUT2D eigenvalue weighted by atomic mass is 9.85. The van der Waals surface area contributed by atoms with Crippen LogP contribution in [0.1, 0.15) is 25.7 Å². The normalized spacial score (nSPS) is 21.9.